The molecule has 1 aromatic heterocycles. The molecular weight excluding hydrogens is 360 g/mol. The third-order valence-corrected chi connectivity index (χ3v) is 5.78. The van der Waals surface area contributed by atoms with E-state index in [1.807, 2.05) is 23.6 Å². The van der Waals surface area contributed by atoms with Crippen LogP contribution in [0.1, 0.15) is 18.5 Å². The van der Waals surface area contributed by atoms with Crippen molar-refractivity contribution in [3.8, 4) is 0 Å². The van der Waals surface area contributed by atoms with E-state index in [1.54, 1.807) is 17.0 Å². The third-order valence-electron chi connectivity index (χ3n) is 5.78. The molecule has 2 atom stereocenters. The van der Waals surface area contributed by atoms with Crippen LogP contribution in [-0.2, 0) is 20.9 Å². The zero-order chi connectivity index (χ0) is 20.0. The van der Waals surface area contributed by atoms with Crippen molar-refractivity contribution in [2.24, 2.45) is 5.73 Å². The average molecular weight is 382 g/mol. The van der Waals surface area contributed by atoms with Gasteiger partial charge < -0.3 is 20.1 Å². The molecule has 0 spiro atoms. The van der Waals surface area contributed by atoms with E-state index in [-0.39, 0.29) is 48.8 Å². The second kappa shape index (κ2) is 6.78. The lowest BCUT2D eigenvalue weighted by molar-refractivity contribution is -0.134. The quantitative estimate of drug-likeness (QED) is 0.803. The minimum Gasteiger partial charge on any atom is -0.368 e. The number of primary amides is 1. The Hall–Kier alpha value is -3.16. The second-order valence-electron chi connectivity index (χ2n) is 7.46. The van der Waals surface area contributed by atoms with Gasteiger partial charge in [0.1, 0.15) is 6.54 Å². The summed E-state index contributed by atoms with van der Waals surface area (Å²) < 4.78 is 1.84. The summed E-state index contributed by atoms with van der Waals surface area (Å²) in [5.74, 6) is -0.788. The minimum atomic E-state index is -0.547. The number of amides is 3. The number of likely N-dealkylation sites (tertiary alicyclic amines) is 2. The predicted octanol–water partition coefficient (Wildman–Crippen LogP) is -0.00298. The fraction of sp³-hybridized carbons (Fsp3) is 0.400. The standard InChI is InChI=1S/C20H22N4O4/c1-12-8-17(25)13-4-2-3-5-14(13)23(12)11-20(28)22-7-6-15-16(22)9-19(27)24(15)10-18(21)26/h2-5,8,15-16H,6-7,9-11H2,1H3,(H2,21,26)/t15-,16-/m0/s1. The second-order valence-corrected chi connectivity index (χ2v) is 7.46. The first kappa shape index (κ1) is 18.2. The smallest absolute Gasteiger partial charge is 0.242 e. The van der Waals surface area contributed by atoms with Crippen LogP contribution in [0.4, 0.5) is 0 Å². The van der Waals surface area contributed by atoms with Crippen LogP contribution in [0.5, 0.6) is 0 Å². The highest BCUT2D eigenvalue weighted by molar-refractivity contribution is 5.88. The number of hydrogen-bond donors (Lipinski definition) is 1. The number of pyridine rings is 1. The summed E-state index contributed by atoms with van der Waals surface area (Å²) in [6, 6.07) is 8.37. The summed E-state index contributed by atoms with van der Waals surface area (Å²) in [4.78, 5) is 52.0. The summed E-state index contributed by atoms with van der Waals surface area (Å²) in [6.45, 7) is 2.33. The number of nitrogens with two attached hydrogens (primary N) is 1. The zero-order valence-electron chi connectivity index (χ0n) is 15.6. The lowest BCUT2D eigenvalue weighted by atomic mass is 10.1. The molecular formula is C20H22N4O4. The number of hydrogen-bond acceptors (Lipinski definition) is 4. The first-order valence-electron chi connectivity index (χ1n) is 9.33. The molecule has 8 heteroatoms. The van der Waals surface area contributed by atoms with Crippen molar-refractivity contribution in [1.29, 1.82) is 0 Å². The third kappa shape index (κ3) is 2.94. The maximum absolute atomic E-state index is 13.1. The van der Waals surface area contributed by atoms with Crippen LogP contribution in [0.25, 0.3) is 10.9 Å². The number of para-hydroxylation sites is 1. The molecule has 2 N–H and O–H groups in total. The van der Waals surface area contributed by atoms with Crippen molar-refractivity contribution in [2.75, 3.05) is 13.1 Å². The molecule has 8 nitrogen and oxygen atoms in total. The van der Waals surface area contributed by atoms with Gasteiger partial charge in [-0.25, -0.2) is 0 Å². The topological polar surface area (TPSA) is 106 Å². The van der Waals surface area contributed by atoms with Crippen LogP contribution < -0.4 is 11.2 Å². The van der Waals surface area contributed by atoms with Crippen molar-refractivity contribution >= 4 is 28.6 Å². The van der Waals surface area contributed by atoms with E-state index in [1.165, 1.54) is 11.0 Å². The lowest BCUT2D eigenvalue weighted by Crippen LogP contribution is -2.43. The van der Waals surface area contributed by atoms with Crippen LogP contribution in [0.3, 0.4) is 0 Å². The van der Waals surface area contributed by atoms with Crippen molar-refractivity contribution < 1.29 is 14.4 Å². The molecule has 0 bridgehead atoms. The molecule has 146 valence electrons. The predicted molar refractivity (Wildman–Crippen MR) is 102 cm³/mol. The van der Waals surface area contributed by atoms with Crippen molar-refractivity contribution in [3.05, 3.63) is 46.2 Å². The van der Waals surface area contributed by atoms with Gasteiger partial charge in [0.2, 0.25) is 17.7 Å². The van der Waals surface area contributed by atoms with Crippen molar-refractivity contribution in [2.45, 2.75) is 38.4 Å². The van der Waals surface area contributed by atoms with Crippen LogP contribution >= 0.6 is 0 Å². The number of rotatable bonds is 4. The molecule has 2 aromatic rings. The summed E-state index contributed by atoms with van der Waals surface area (Å²) in [7, 11) is 0. The molecule has 4 rings (SSSR count). The Morgan fingerprint density at radius 2 is 1.89 bits per heavy atom. The highest BCUT2D eigenvalue weighted by Gasteiger charge is 2.48. The number of fused-ring (bicyclic) bond motifs is 2. The Balaban J connectivity index is 1.59. The average Bonchev–Trinajstić information content (AvgIpc) is 3.18. The van der Waals surface area contributed by atoms with Gasteiger partial charge in [0, 0.05) is 30.1 Å². The molecule has 0 radical (unpaired) electrons. The van der Waals surface area contributed by atoms with Crippen LogP contribution in [0, 0.1) is 6.92 Å². The molecule has 2 saturated heterocycles. The summed E-state index contributed by atoms with van der Waals surface area (Å²) in [5.41, 5.74) is 6.62. The first-order chi connectivity index (χ1) is 13.4. The monoisotopic (exact) mass is 382 g/mol. The van der Waals surface area contributed by atoms with Gasteiger partial charge in [-0.15, -0.1) is 0 Å². The number of aryl methyl sites for hydroxylation is 1. The van der Waals surface area contributed by atoms with E-state index in [2.05, 4.69) is 0 Å². The maximum Gasteiger partial charge on any atom is 0.242 e. The fourth-order valence-electron chi connectivity index (χ4n) is 4.50. The summed E-state index contributed by atoms with van der Waals surface area (Å²) in [6.07, 6.45) is 0.854. The molecule has 2 aliphatic rings. The Morgan fingerprint density at radius 1 is 1.14 bits per heavy atom. The molecule has 3 heterocycles. The van der Waals surface area contributed by atoms with Gasteiger partial charge in [-0.2, -0.15) is 0 Å². The number of aromatic nitrogens is 1. The van der Waals surface area contributed by atoms with E-state index in [9.17, 15) is 19.2 Å². The van der Waals surface area contributed by atoms with E-state index < -0.39 is 5.91 Å². The molecule has 2 fully saturated rings. The van der Waals surface area contributed by atoms with Gasteiger partial charge in [0.05, 0.1) is 24.1 Å². The first-order valence-corrected chi connectivity index (χ1v) is 9.33. The van der Waals surface area contributed by atoms with Gasteiger partial charge in [0.25, 0.3) is 0 Å². The van der Waals surface area contributed by atoms with Crippen molar-refractivity contribution in [1.82, 2.24) is 14.4 Å². The molecule has 0 aliphatic carbocycles. The van der Waals surface area contributed by atoms with E-state index in [4.69, 9.17) is 5.73 Å². The Labute approximate surface area is 161 Å². The Bertz CT molecular complexity index is 1040. The molecule has 28 heavy (non-hydrogen) atoms. The maximum atomic E-state index is 13.1. The minimum absolute atomic E-state index is 0.0680. The van der Waals surface area contributed by atoms with Crippen molar-refractivity contribution in [3.63, 3.8) is 0 Å². The van der Waals surface area contributed by atoms with Gasteiger partial charge in [-0.05, 0) is 25.5 Å². The number of benzene rings is 1. The van der Waals surface area contributed by atoms with Gasteiger partial charge in [0.15, 0.2) is 5.43 Å². The highest BCUT2D eigenvalue weighted by Crippen LogP contribution is 2.32. The molecule has 2 aliphatic heterocycles. The summed E-state index contributed by atoms with van der Waals surface area (Å²) in [5, 5.41) is 0.573. The Kier molecular flexibility index (Phi) is 4.41. The van der Waals surface area contributed by atoms with E-state index in [0.717, 1.165) is 5.52 Å². The number of nitrogens with zero attached hydrogens (tertiary/aromatic N) is 3. The number of carbonyl (C=O) groups excluding carboxylic acids is 3. The van der Waals surface area contributed by atoms with Gasteiger partial charge in [-0.3, -0.25) is 19.2 Å². The highest BCUT2D eigenvalue weighted by atomic mass is 16.2. The molecule has 0 unspecified atom stereocenters. The van der Waals surface area contributed by atoms with Crippen LogP contribution in [0.2, 0.25) is 0 Å². The van der Waals surface area contributed by atoms with Crippen LogP contribution in [0.15, 0.2) is 35.1 Å². The molecule has 1 aromatic carbocycles. The van der Waals surface area contributed by atoms with Gasteiger partial charge >= 0.3 is 0 Å². The largest absolute Gasteiger partial charge is 0.368 e. The van der Waals surface area contributed by atoms with E-state index >= 15 is 0 Å². The van der Waals surface area contributed by atoms with Gasteiger partial charge in [-0.1, -0.05) is 12.1 Å². The lowest BCUT2D eigenvalue weighted by Gasteiger charge is -2.25. The SMILES string of the molecule is Cc1cc(=O)c2ccccc2n1CC(=O)N1CC[C@H]2[C@@H]1CC(=O)N2CC(N)=O. The Morgan fingerprint density at radius 3 is 2.64 bits per heavy atom. The van der Waals surface area contributed by atoms with E-state index in [0.29, 0.717) is 24.0 Å². The fourth-order valence-corrected chi connectivity index (χ4v) is 4.50. The summed E-state index contributed by atoms with van der Waals surface area (Å²) >= 11 is 0. The van der Waals surface area contributed by atoms with Crippen LogP contribution in [-0.4, -0.2) is 57.3 Å². The zero-order valence-corrected chi connectivity index (χ0v) is 15.6. The normalized spacial score (nSPS) is 21.4. The number of carbonyl (C=O) groups is 3. The molecule has 3 amide bonds. The molecule has 0 saturated carbocycles.